The van der Waals surface area contributed by atoms with Crippen LogP contribution < -0.4 is 15.0 Å². The summed E-state index contributed by atoms with van der Waals surface area (Å²) in [5.41, 5.74) is 3.31. The van der Waals surface area contributed by atoms with E-state index in [-0.39, 0.29) is 35.9 Å². The Labute approximate surface area is 191 Å². The minimum atomic E-state index is -0.315. The molecule has 7 nitrogen and oxygen atoms in total. The molecule has 0 aliphatic carbocycles. The first-order chi connectivity index (χ1) is 16.2. The number of para-hydroxylation sites is 1. The van der Waals surface area contributed by atoms with Crippen LogP contribution in [0.25, 0.3) is 0 Å². The Kier molecular flexibility index (Phi) is 6.17. The van der Waals surface area contributed by atoms with E-state index < -0.39 is 0 Å². The van der Waals surface area contributed by atoms with Gasteiger partial charge < -0.3 is 19.7 Å². The molecule has 2 aliphatic heterocycles. The molecule has 1 aromatic heterocycles. The van der Waals surface area contributed by atoms with Gasteiger partial charge in [-0.2, -0.15) is 4.98 Å². The van der Waals surface area contributed by atoms with Crippen molar-refractivity contribution in [3.8, 4) is 5.88 Å². The molecule has 1 saturated heterocycles. The molecule has 0 spiro atoms. The molecule has 1 fully saturated rings. The number of benzene rings is 2. The molecule has 170 valence electrons. The van der Waals surface area contributed by atoms with Gasteiger partial charge >= 0.3 is 0 Å². The largest absolute Gasteiger partial charge is 0.472 e. The maximum Gasteiger partial charge on any atom is 0.258 e. The lowest BCUT2D eigenvalue weighted by atomic mass is 10.2. The number of amides is 1. The molecule has 1 atom stereocenters. The first-order valence-electron chi connectivity index (χ1n) is 11.2. The van der Waals surface area contributed by atoms with E-state index in [1.807, 2.05) is 23.1 Å². The number of rotatable bonds is 7. The molecule has 1 unspecified atom stereocenters. The number of anilines is 2. The molecule has 1 amide bonds. The van der Waals surface area contributed by atoms with Crippen LogP contribution in [0.3, 0.4) is 0 Å². The number of hydrogen-bond donors (Lipinski definition) is 1. The standard InChI is InChI=1S/C25H25FN4O3/c26-19-9-7-17(8-10-19)16-33-24-21(23(31)27-14-20-5-3-13-32-20)15-28-25(29-24)30-12-11-18-4-1-2-6-22(18)30/h1-2,4,6-10,15,20H,3,5,11-14,16H2,(H,27,31). The number of nitrogens with zero attached hydrogens (tertiary/aromatic N) is 3. The van der Waals surface area contributed by atoms with Crippen molar-refractivity contribution in [1.29, 1.82) is 0 Å². The topological polar surface area (TPSA) is 76.6 Å². The molecule has 2 aliphatic rings. The summed E-state index contributed by atoms with van der Waals surface area (Å²) < 4.78 is 24.8. The number of hydrogen-bond acceptors (Lipinski definition) is 6. The second kappa shape index (κ2) is 9.54. The maximum atomic E-state index is 13.2. The van der Waals surface area contributed by atoms with Gasteiger partial charge in [-0.3, -0.25) is 4.79 Å². The quantitative estimate of drug-likeness (QED) is 0.593. The van der Waals surface area contributed by atoms with Gasteiger partial charge in [0.2, 0.25) is 11.8 Å². The average Bonchev–Trinajstić information content (AvgIpc) is 3.52. The van der Waals surface area contributed by atoms with Crippen molar-refractivity contribution < 1.29 is 18.7 Å². The van der Waals surface area contributed by atoms with E-state index in [9.17, 15) is 9.18 Å². The maximum absolute atomic E-state index is 13.2. The van der Waals surface area contributed by atoms with E-state index in [1.54, 1.807) is 12.1 Å². The zero-order chi connectivity index (χ0) is 22.6. The summed E-state index contributed by atoms with van der Waals surface area (Å²) in [6, 6.07) is 14.2. The van der Waals surface area contributed by atoms with Crippen molar-refractivity contribution in [2.75, 3.05) is 24.6 Å². The van der Waals surface area contributed by atoms with Crippen molar-refractivity contribution in [1.82, 2.24) is 15.3 Å². The second-order valence-electron chi connectivity index (χ2n) is 8.18. The Balaban J connectivity index is 1.39. The molecule has 1 N–H and O–H groups in total. The summed E-state index contributed by atoms with van der Waals surface area (Å²) in [7, 11) is 0. The molecule has 3 aromatic rings. The van der Waals surface area contributed by atoms with Gasteiger partial charge in [-0.15, -0.1) is 0 Å². The van der Waals surface area contributed by atoms with Crippen molar-refractivity contribution in [2.45, 2.75) is 32.0 Å². The van der Waals surface area contributed by atoms with Gasteiger partial charge in [-0.25, -0.2) is 9.37 Å². The summed E-state index contributed by atoms with van der Waals surface area (Å²) in [6.45, 7) is 2.06. The van der Waals surface area contributed by atoms with Crippen molar-refractivity contribution in [3.05, 3.63) is 77.2 Å². The molecule has 33 heavy (non-hydrogen) atoms. The van der Waals surface area contributed by atoms with Crippen LogP contribution in [0.2, 0.25) is 0 Å². The van der Waals surface area contributed by atoms with Crippen LogP contribution in [0.4, 0.5) is 16.0 Å². The summed E-state index contributed by atoms with van der Waals surface area (Å²) in [4.78, 5) is 24.0. The Morgan fingerprint density at radius 2 is 2.06 bits per heavy atom. The monoisotopic (exact) mass is 448 g/mol. The zero-order valence-corrected chi connectivity index (χ0v) is 18.2. The Morgan fingerprint density at radius 3 is 2.88 bits per heavy atom. The predicted octanol–water partition coefficient (Wildman–Crippen LogP) is 3.80. The third-order valence-electron chi connectivity index (χ3n) is 5.92. The van der Waals surface area contributed by atoms with Crippen LogP contribution in [0, 0.1) is 5.82 Å². The normalized spacial score (nSPS) is 17.1. The fourth-order valence-corrected chi connectivity index (χ4v) is 4.14. The molecule has 0 radical (unpaired) electrons. The average molecular weight is 448 g/mol. The highest BCUT2D eigenvalue weighted by molar-refractivity contribution is 5.96. The fourth-order valence-electron chi connectivity index (χ4n) is 4.14. The van der Waals surface area contributed by atoms with Crippen LogP contribution >= 0.6 is 0 Å². The molecule has 2 aromatic carbocycles. The summed E-state index contributed by atoms with van der Waals surface area (Å²) >= 11 is 0. The molecular weight excluding hydrogens is 423 g/mol. The van der Waals surface area contributed by atoms with Crippen LogP contribution in [-0.4, -0.2) is 41.7 Å². The number of fused-ring (bicyclic) bond motifs is 1. The molecular formula is C25H25FN4O3. The van der Waals surface area contributed by atoms with E-state index in [0.717, 1.165) is 43.7 Å². The first kappa shape index (κ1) is 21.3. The SMILES string of the molecule is O=C(NCC1CCCO1)c1cnc(N2CCc3ccccc32)nc1OCc1ccc(F)cc1. The highest BCUT2D eigenvalue weighted by Gasteiger charge is 2.25. The number of halogens is 1. The first-order valence-corrected chi connectivity index (χ1v) is 11.2. The Hall–Kier alpha value is -3.52. The molecule has 5 rings (SSSR count). The number of aromatic nitrogens is 2. The minimum Gasteiger partial charge on any atom is -0.472 e. The number of nitrogens with one attached hydrogen (secondary N) is 1. The van der Waals surface area contributed by atoms with E-state index in [2.05, 4.69) is 21.4 Å². The minimum absolute atomic E-state index is 0.0267. The predicted molar refractivity (Wildman–Crippen MR) is 121 cm³/mol. The van der Waals surface area contributed by atoms with Crippen molar-refractivity contribution in [3.63, 3.8) is 0 Å². The lowest BCUT2D eigenvalue weighted by molar-refractivity contribution is 0.0853. The lowest BCUT2D eigenvalue weighted by Gasteiger charge is -2.19. The van der Waals surface area contributed by atoms with Crippen LogP contribution in [0.15, 0.2) is 54.7 Å². The number of carbonyl (C=O) groups is 1. The zero-order valence-electron chi connectivity index (χ0n) is 18.2. The summed E-state index contributed by atoms with van der Waals surface area (Å²) in [5, 5.41) is 2.90. The third-order valence-corrected chi connectivity index (χ3v) is 5.92. The van der Waals surface area contributed by atoms with Gasteiger partial charge in [0.1, 0.15) is 18.0 Å². The Morgan fingerprint density at radius 1 is 1.21 bits per heavy atom. The molecule has 8 heteroatoms. The Bertz CT molecular complexity index is 1130. The van der Waals surface area contributed by atoms with Gasteiger partial charge in [0.25, 0.3) is 5.91 Å². The third kappa shape index (κ3) is 4.80. The molecule has 3 heterocycles. The van der Waals surface area contributed by atoms with Gasteiger partial charge in [0, 0.05) is 31.6 Å². The van der Waals surface area contributed by atoms with Crippen LogP contribution in [0.1, 0.15) is 34.3 Å². The molecule has 0 bridgehead atoms. The molecule has 0 saturated carbocycles. The van der Waals surface area contributed by atoms with E-state index >= 15 is 0 Å². The van der Waals surface area contributed by atoms with Gasteiger partial charge in [0.15, 0.2) is 0 Å². The lowest BCUT2D eigenvalue weighted by Crippen LogP contribution is -2.32. The fraction of sp³-hybridized carbons (Fsp3) is 0.320. The summed E-state index contributed by atoms with van der Waals surface area (Å²) in [5.74, 6) is 0.0428. The number of carbonyl (C=O) groups excluding carboxylic acids is 1. The van der Waals surface area contributed by atoms with Gasteiger partial charge in [-0.1, -0.05) is 30.3 Å². The highest BCUT2D eigenvalue weighted by Crippen LogP contribution is 2.33. The summed E-state index contributed by atoms with van der Waals surface area (Å²) in [6.07, 6.45) is 4.36. The van der Waals surface area contributed by atoms with Crippen LogP contribution in [0.5, 0.6) is 5.88 Å². The van der Waals surface area contributed by atoms with E-state index in [0.29, 0.717) is 12.5 Å². The van der Waals surface area contributed by atoms with Crippen molar-refractivity contribution in [2.24, 2.45) is 0 Å². The van der Waals surface area contributed by atoms with Crippen molar-refractivity contribution >= 4 is 17.5 Å². The second-order valence-corrected chi connectivity index (χ2v) is 8.18. The smallest absolute Gasteiger partial charge is 0.258 e. The van der Waals surface area contributed by atoms with E-state index in [4.69, 9.17) is 9.47 Å². The van der Waals surface area contributed by atoms with Crippen LogP contribution in [-0.2, 0) is 17.8 Å². The number of ether oxygens (including phenoxy) is 2. The van der Waals surface area contributed by atoms with Gasteiger partial charge in [-0.05, 0) is 48.6 Å². The van der Waals surface area contributed by atoms with Gasteiger partial charge in [0.05, 0.1) is 6.10 Å². The highest BCUT2D eigenvalue weighted by atomic mass is 19.1. The van der Waals surface area contributed by atoms with E-state index in [1.165, 1.54) is 23.9 Å².